The van der Waals surface area contributed by atoms with E-state index in [4.69, 9.17) is 21.7 Å². The lowest BCUT2D eigenvalue weighted by molar-refractivity contribution is -0.386. The van der Waals surface area contributed by atoms with Gasteiger partial charge in [-0.3, -0.25) is 10.1 Å². The summed E-state index contributed by atoms with van der Waals surface area (Å²) in [6, 6.07) is 3.64. The lowest BCUT2D eigenvalue weighted by Crippen LogP contribution is -2.09. The summed E-state index contributed by atoms with van der Waals surface area (Å²) in [4.78, 5) is 9.49. The van der Waals surface area contributed by atoms with E-state index in [0.29, 0.717) is 0 Å². The van der Waals surface area contributed by atoms with Crippen molar-refractivity contribution < 1.29 is 13.3 Å². The number of nitrogens with zero attached hydrogens (tertiary/aromatic N) is 2. The van der Waals surface area contributed by atoms with Gasteiger partial charge in [-0.05, 0) is 12.1 Å². The molecule has 17 heavy (non-hydrogen) atoms. The van der Waals surface area contributed by atoms with Crippen LogP contribution < -0.4 is 5.73 Å². The number of nitrogens with two attached hydrogens (primary N) is 1. The fourth-order valence-corrected chi connectivity index (χ4v) is 2.48. The monoisotopic (exact) mass is 275 g/mol. The number of hydrogen-bond donors (Lipinski definition) is 1. The molecule has 0 aliphatic heterocycles. The van der Waals surface area contributed by atoms with Gasteiger partial charge in [-0.25, -0.2) is 8.42 Å². The van der Waals surface area contributed by atoms with E-state index in [9.17, 15) is 18.5 Å². The van der Waals surface area contributed by atoms with Crippen LogP contribution in [0.3, 0.4) is 0 Å². The molecular formula is C8H6ClN3O4S. The molecular weight excluding hydrogens is 270 g/mol. The maximum Gasteiger partial charge on any atom is 0.292 e. The Bertz CT molecular complexity index is 620. The summed E-state index contributed by atoms with van der Waals surface area (Å²) in [5, 5.41) is 19.5. The van der Waals surface area contributed by atoms with Crippen LogP contribution in [0.1, 0.15) is 11.1 Å². The van der Waals surface area contributed by atoms with E-state index in [-0.39, 0.29) is 11.1 Å². The van der Waals surface area contributed by atoms with Crippen LogP contribution in [0.5, 0.6) is 0 Å². The summed E-state index contributed by atoms with van der Waals surface area (Å²) in [5.74, 6) is 0. The molecule has 0 aromatic heterocycles. The van der Waals surface area contributed by atoms with Crippen LogP contribution in [0.15, 0.2) is 17.0 Å². The van der Waals surface area contributed by atoms with Crippen molar-refractivity contribution in [2.45, 2.75) is 11.4 Å². The van der Waals surface area contributed by atoms with E-state index in [2.05, 4.69) is 0 Å². The summed E-state index contributed by atoms with van der Waals surface area (Å²) in [7, 11) is 0.978. The van der Waals surface area contributed by atoms with Crippen molar-refractivity contribution in [3.8, 4) is 6.07 Å². The molecule has 0 aliphatic carbocycles. The van der Waals surface area contributed by atoms with Gasteiger partial charge in [0.1, 0.15) is 11.6 Å². The molecule has 0 saturated carbocycles. The largest absolute Gasteiger partial charge is 0.326 e. The average molecular weight is 276 g/mol. The van der Waals surface area contributed by atoms with E-state index in [1.54, 1.807) is 6.07 Å². The van der Waals surface area contributed by atoms with Gasteiger partial charge in [-0.1, -0.05) is 0 Å². The number of halogens is 1. The van der Waals surface area contributed by atoms with Gasteiger partial charge in [0, 0.05) is 17.2 Å². The summed E-state index contributed by atoms with van der Waals surface area (Å²) in [6.45, 7) is -0.410. The molecule has 2 N–H and O–H groups in total. The van der Waals surface area contributed by atoms with Crippen LogP contribution in [0.25, 0.3) is 0 Å². The third-order valence-electron chi connectivity index (χ3n) is 2.01. The minimum Gasteiger partial charge on any atom is -0.326 e. The summed E-state index contributed by atoms with van der Waals surface area (Å²) in [5.41, 5.74) is 4.11. The van der Waals surface area contributed by atoms with Gasteiger partial charge < -0.3 is 5.73 Å². The molecule has 1 aromatic carbocycles. The third kappa shape index (κ3) is 2.52. The highest BCUT2D eigenvalue weighted by molar-refractivity contribution is 8.13. The Labute approximate surface area is 101 Å². The highest BCUT2D eigenvalue weighted by atomic mass is 35.7. The second kappa shape index (κ2) is 4.67. The SMILES string of the molecule is N#Cc1ccc(S(=O)(=O)Cl)c(CN)c1[N+](=O)[O-]. The van der Waals surface area contributed by atoms with Crippen molar-refractivity contribution >= 4 is 25.4 Å². The molecule has 0 bridgehead atoms. The maximum absolute atomic E-state index is 11.2. The lowest BCUT2D eigenvalue weighted by atomic mass is 10.1. The predicted molar refractivity (Wildman–Crippen MR) is 58.7 cm³/mol. The molecule has 9 heteroatoms. The lowest BCUT2D eigenvalue weighted by Gasteiger charge is -2.06. The first kappa shape index (κ1) is 13.4. The highest BCUT2D eigenvalue weighted by Crippen LogP contribution is 2.30. The molecule has 0 heterocycles. The smallest absolute Gasteiger partial charge is 0.292 e. The van der Waals surface area contributed by atoms with Gasteiger partial charge in [0.15, 0.2) is 0 Å². The molecule has 1 aromatic rings. The Morgan fingerprint density at radius 2 is 2.12 bits per heavy atom. The minimum absolute atomic E-state index is 0.264. The Morgan fingerprint density at radius 3 is 2.47 bits per heavy atom. The fourth-order valence-electron chi connectivity index (χ4n) is 1.34. The van der Waals surface area contributed by atoms with Gasteiger partial charge in [0.05, 0.1) is 15.4 Å². The van der Waals surface area contributed by atoms with Crippen LogP contribution in [0.4, 0.5) is 5.69 Å². The molecule has 0 aliphatic rings. The van der Waals surface area contributed by atoms with Crippen molar-refractivity contribution in [2.75, 3.05) is 0 Å². The van der Waals surface area contributed by atoms with Crippen molar-refractivity contribution in [2.24, 2.45) is 5.73 Å². The number of nitro benzene ring substituents is 1. The third-order valence-corrected chi connectivity index (χ3v) is 3.42. The topological polar surface area (TPSA) is 127 Å². The average Bonchev–Trinajstić information content (AvgIpc) is 2.25. The summed E-state index contributed by atoms with van der Waals surface area (Å²) >= 11 is 0. The zero-order valence-corrected chi connectivity index (χ0v) is 9.83. The standard InChI is InChI=1S/C8H6ClN3O4S/c9-17(15,16)7-2-1-5(3-10)8(12(13)14)6(7)4-11/h1-2H,4,11H2. The highest BCUT2D eigenvalue weighted by Gasteiger charge is 2.27. The number of hydrogen-bond acceptors (Lipinski definition) is 6. The number of nitro groups is 1. The molecule has 0 amide bonds. The van der Waals surface area contributed by atoms with Crippen LogP contribution in [-0.4, -0.2) is 13.3 Å². The Kier molecular flexibility index (Phi) is 3.67. The first-order valence-electron chi connectivity index (χ1n) is 4.18. The molecule has 0 unspecified atom stereocenters. The number of benzene rings is 1. The summed E-state index contributed by atoms with van der Waals surface area (Å²) in [6.07, 6.45) is 0. The van der Waals surface area contributed by atoms with Crippen molar-refractivity contribution in [1.82, 2.24) is 0 Å². The first-order valence-corrected chi connectivity index (χ1v) is 6.49. The number of rotatable bonds is 3. The maximum atomic E-state index is 11.2. The van der Waals surface area contributed by atoms with Crippen LogP contribution in [0.2, 0.25) is 0 Å². The van der Waals surface area contributed by atoms with Gasteiger partial charge in [0.25, 0.3) is 14.7 Å². The summed E-state index contributed by atoms with van der Waals surface area (Å²) < 4.78 is 22.4. The van der Waals surface area contributed by atoms with Crippen LogP contribution in [0, 0.1) is 21.4 Å². The molecule has 90 valence electrons. The second-order valence-corrected chi connectivity index (χ2v) is 5.48. The minimum atomic E-state index is -4.15. The second-order valence-electron chi connectivity index (χ2n) is 2.95. The normalized spacial score (nSPS) is 10.9. The zero-order chi connectivity index (χ0) is 13.2. The van der Waals surface area contributed by atoms with E-state index in [1.807, 2.05) is 0 Å². The van der Waals surface area contributed by atoms with E-state index >= 15 is 0 Å². The quantitative estimate of drug-likeness (QED) is 0.495. The van der Waals surface area contributed by atoms with E-state index in [0.717, 1.165) is 12.1 Å². The zero-order valence-electron chi connectivity index (χ0n) is 8.25. The van der Waals surface area contributed by atoms with Crippen molar-refractivity contribution in [3.05, 3.63) is 33.4 Å². The van der Waals surface area contributed by atoms with Crippen molar-refractivity contribution in [1.29, 1.82) is 5.26 Å². The van der Waals surface area contributed by atoms with Gasteiger partial charge in [0.2, 0.25) is 0 Å². The van der Waals surface area contributed by atoms with Gasteiger partial charge in [-0.2, -0.15) is 5.26 Å². The van der Waals surface area contributed by atoms with Gasteiger partial charge in [-0.15, -0.1) is 0 Å². The van der Waals surface area contributed by atoms with E-state index < -0.39 is 31.1 Å². The molecule has 1 rings (SSSR count). The molecule has 0 spiro atoms. The molecule has 0 fully saturated rings. The van der Waals surface area contributed by atoms with Crippen LogP contribution >= 0.6 is 10.7 Å². The van der Waals surface area contributed by atoms with E-state index in [1.165, 1.54) is 0 Å². The molecule has 0 atom stereocenters. The molecule has 0 saturated heterocycles. The Balaban J connectivity index is 3.78. The first-order chi connectivity index (χ1) is 7.82. The fraction of sp³-hybridized carbons (Fsp3) is 0.125. The Hall–Kier alpha value is -1.69. The van der Waals surface area contributed by atoms with Crippen molar-refractivity contribution in [3.63, 3.8) is 0 Å². The Morgan fingerprint density at radius 1 is 1.53 bits per heavy atom. The number of nitriles is 1. The molecule has 7 nitrogen and oxygen atoms in total. The molecule has 0 radical (unpaired) electrons. The predicted octanol–water partition coefficient (Wildman–Crippen LogP) is 0.853. The van der Waals surface area contributed by atoms with Gasteiger partial charge >= 0.3 is 0 Å². The van der Waals surface area contributed by atoms with Crippen LogP contribution in [-0.2, 0) is 15.6 Å².